The van der Waals surface area contributed by atoms with Gasteiger partial charge >= 0.3 is 0 Å². The number of benzene rings is 1. The summed E-state index contributed by atoms with van der Waals surface area (Å²) in [4.78, 5) is 1.18. The lowest BCUT2D eigenvalue weighted by Crippen LogP contribution is -1.99. The summed E-state index contributed by atoms with van der Waals surface area (Å²) in [6.45, 7) is 2.56. The number of anilines is 1. The predicted octanol–water partition coefficient (Wildman–Crippen LogP) is 3.98. The van der Waals surface area contributed by atoms with Crippen LogP contribution >= 0.6 is 27.3 Å². The van der Waals surface area contributed by atoms with Crippen molar-refractivity contribution in [2.75, 3.05) is 5.73 Å². The third kappa shape index (κ3) is 2.57. The molecule has 2 aromatic rings. The molecule has 0 aliphatic rings. The molecule has 0 aliphatic carbocycles. The van der Waals surface area contributed by atoms with Crippen molar-refractivity contribution in [2.24, 2.45) is 0 Å². The number of rotatable bonds is 3. The van der Waals surface area contributed by atoms with Gasteiger partial charge in [0.15, 0.2) is 0 Å². The third-order valence-electron chi connectivity index (χ3n) is 2.22. The van der Waals surface area contributed by atoms with Crippen LogP contribution in [0.2, 0.25) is 0 Å². The van der Waals surface area contributed by atoms with E-state index in [2.05, 4.69) is 22.0 Å². The van der Waals surface area contributed by atoms with E-state index in [0.717, 1.165) is 15.8 Å². The molecule has 0 aliphatic heterocycles. The van der Waals surface area contributed by atoms with Gasteiger partial charge in [0.05, 0.1) is 5.69 Å². The first-order chi connectivity index (χ1) is 7.66. The molecule has 0 spiro atoms. The van der Waals surface area contributed by atoms with E-state index in [1.165, 1.54) is 4.88 Å². The number of hydrogen-bond acceptors (Lipinski definition) is 3. The summed E-state index contributed by atoms with van der Waals surface area (Å²) >= 11 is 5.09. The third-order valence-corrected chi connectivity index (χ3v) is 3.89. The molecule has 0 unspecified atom stereocenters. The topological polar surface area (TPSA) is 35.2 Å². The minimum Gasteiger partial charge on any atom is -0.486 e. The number of nitrogen functional groups attached to an aromatic ring is 1. The van der Waals surface area contributed by atoms with Crippen LogP contribution in [0.1, 0.15) is 10.4 Å². The van der Waals surface area contributed by atoms with Gasteiger partial charge in [0, 0.05) is 14.7 Å². The number of hydrogen-bond donors (Lipinski definition) is 1. The van der Waals surface area contributed by atoms with Crippen LogP contribution in [0.5, 0.6) is 5.75 Å². The molecule has 0 amide bonds. The lowest BCUT2D eigenvalue weighted by Gasteiger charge is -2.10. The molecule has 0 saturated heterocycles. The molecule has 2 rings (SSSR count). The Kier molecular flexibility index (Phi) is 3.51. The fourth-order valence-electron chi connectivity index (χ4n) is 1.45. The lowest BCUT2D eigenvalue weighted by molar-refractivity contribution is 0.309. The number of thiophene rings is 1. The summed E-state index contributed by atoms with van der Waals surface area (Å²) in [7, 11) is 0. The zero-order valence-corrected chi connectivity index (χ0v) is 11.3. The second kappa shape index (κ2) is 4.89. The second-order valence-electron chi connectivity index (χ2n) is 3.51. The van der Waals surface area contributed by atoms with Crippen LogP contribution in [0.25, 0.3) is 0 Å². The molecule has 0 fully saturated rings. The van der Waals surface area contributed by atoms with Crippen LogP contribution < -0.4 is 10.5 Å². The van der Waals surface area contributed by atoms with Crippen LogP contribution in [0.4, 0.5) is 5.69 Å². The number of nitrogens with two attached hydrogens (primary N) is 1. The number of para-hydroxylation sites is 1. The maximum Gasteiger partial charge on any atom is 0.145 e. The zero-order valence-electron chi connectivity index (χ0n) is 8.87. The number of ether oxygens (including phenoxy) is 1. The summed E-state index contributed by atoms with van der Waals surface area (Å²) in [6, 6.07) is 7.83. The first kappa shape index (κ1) is 11.5. The van der Waals surface area contributed by atoms with E-state index >= 15 is 0 Å². The predicted molar refractivity (Wildman–Crippen MR) is 71.9 cm³/mol. The van der Waals surface area contributed by atoms with Crippen molar-refractivity contribution >= 4 is 33.0 Å². The monoisotopic (exact) mass is 297 g/mol. The number of aryl methyl sites for hydroxylation is 1. The van der Waals surface area contributed by atoms with Gasteiger partial charge in [0.2, 0.25) is 0 Å². The summed E-state index contributed by atoms with van der Waals surface area (Å²) in [5, 5.41) is 2.04. The molecule has 0 saturated carbocycles. The Morgan fingerprint density at radius 3 is 2.88 bits per heavy atom. The minimum absolute atomic E-state index is 0.561. The van der Waals surface area contributed by atoms with E-state index < -0.39 is 0 Å². The molecule has 84 valence electrons. The van der Waals surface area contributed by atoms with Crippen molar-refractivity contribution in [3.8, 4) is 5.75 Å². The van der Waals surface area contributed by atoms with E-state index in [1.54, 1.807) is 11.3 Å². The molecular formula is C12H12BrNOS. The van der Waals surface area contributed by atoms with Crippen molar-refractivity contribution in [2.45, 2.75) is 13.5 Å². The lowest BCUT2D eigenvalue weighted by atomic mass is 10.2. The molecule has 0 atom stereocenters. The van der Waals surface area contributed by atoms with Gasteiger partial charge in [-0.15, -0.1) is 11.3 Å². The van der Waals surface area contributed by atoms with Crippen LogP contribution in [0, 0.1) is 6.92 Å². The molecule has 0 radical (unpaired) electrons. The van der Waals surface area contributed by atoms with Gasteiger partial charge in [-0.25, -0.2) is 0 Å². The van der Waals surface area contributed by atoms with Gasteiger partial charge in [-0.3, -0.25) is 0 Å². The molecule has 0 bridgehead atoms. The van der Waals surface area contributed by atoms with Gasteiger partial charge in [0.1, 0.15) is 12.4 Å². The molecule has 2 N–H and O–H groups in total. The van der Waals surface area contributed by atoms with E-state index in [4.69, 9.17) is 10.5 Å². The van der Waals surface area contributed by atoms with Gasteiger partial charge in [-0.1, -0.05) is 12.1 Å². The largest absolute Gasteiger partial charge is 0.486 e. The Hall–Kier alpha value is -1.000. The smallest absolute Gasteiger partial charge is 0.145 e. The highest BCUT2D eigenvalue weighted by Crippen LogP contribution is 2.27. The quantitative estimate of drug-likeness (QED) is 0.870. The van der Waals surface area contributed by atoms with E-state index in [-0.39, 0.29) is 0 Å². The van der Waals surface area contributed by atoms with Crippen molar-refractivity contribution in [3.05, 3.63) is 44.6 Å². The maximum absolute atomic E-state index is 5.86. The van der Waals surface area contributed by atoms with Crippen molar-refractivity contribution < 1.29 is 4.74 Å². The fraction of sp³-hybridized carbons (Fsp3) is 0.167. The normalized spacial score (nSPS) is 10.4. The Morgan fingerprint density at radius 2 is 2.25 bits per heavy atom. The standard InChI is InChI=1S/C12H12BrNOS/c1-8-3-2-4-11(14)12(8)15-6-10-5-9(13)7-16-10/h2-5,7H,6,14H2,1H3. The maximum atomic E-state index is 5.86. The highest BCUT2D eigenvalue weighted by molar-refractivity contribution is 9.10. The SMILES string of the molecule is Cc1cccc(N)c1OCc1cc(Br)cs1. The summed E-state index contributed by atoms with van der Waals surface area (Å²) in [5.74, 6) is 0.784. The Morgan fingerprint density at radius 1 is 1.44 bits per heavy atom. The summed E-state index contributed by atoms with van der Waals surface area (Å²) < 4.78 is 6.82. The molecule has 1 aromatic heterocycles. The second-order valence-corrected chi connectivity index (χ2v) is 5.42. The average molecular weight is 298 g/mol. The molecule has 1 heterocycles. The highest BCUT2D eigenvalue weighted by atomic mass is 79.9. The van der Waals surface area contributed by atoms with Gasteiger partial charge in [0.25, 0.3) is 0 Å². The molecule has 1 aromatic carbocycles. The van der Waals surface area contributed by atoms with Crippen LogP contribution in [-0.4, -0.2) is 0 Å². The Balaban J connectivity index is 2.10. The van der Waals surface area contributed by atoms with Crippen LogP contribution in [-0.2, 0) is 6.61 Å². The highest BCUT2D eigenvalue weighted by Gasteiger charge is 2.05. The van der Waals surface area contributed by atoms with E-state index in [0.29, 0.717) is 12.3 Å². The Bertz CT molecular complexity index is 475. The van der Waals surface area contributed by atoms with Crippen molar-refractivity contribution in [1.29, 1.82) is 0 Å². The van der Waals surface area contributed by atoms with E-state index in [1.807, 2.05) is 30.5 Å². The molecular weight excluding hydrogens is 286 g/mol. The number of halogens is 1. The van der Waals surface area contributed by atoms with Crippen molar-refractivity contribution in [3.63, 3.8) is 0 Å². The van der Waals surface area contributed by atoms with Gasteiger partial charge in [-0.05, 0) is 40.5 Å². The minimum atomic E-state index is 0.561. The van der Waals surface area contributed by atoms with Crippen LogP contribution in [0.15, 0.2) is 34.1 Å². The summed E-state index contributed by atoms with van der Waals surface area (Å²) in [6.07, 6.45) is 0. The average Bonchev–Trinajstić information content (AvgIpc) is 2.63. The molecule has 16 heavy (non-hydrogen) atoms. The molecule has 4 heteroatoms. The Labute approximate surface area is 107 Å². The van der Waals surface area contributed by atoms with Crippen LogP contribution in [0.3, 0.4) is 0 Å². The summed E-state index contributed by atoms with van der Waals surface area (Å²) in [5.41, 5.74) is 7.62. The van der Waals surface area contributed by atoms with Gasteiger partial charge < -0.3 is 10.5 Å². The zero-order chi connectivity index (χ0) is 11.5. The first-order valence-corrected chi connectivity index (χ1v) is 6.55. The van der Waals surface area contributed by atoms with Crippen molar-refractivity contribution in [1.82, 2.24) is 0 Å². The van der Waals surface area contributed by atoms with E-state index in [9.17, 15) is 0 Å². The first-order valence-electron chi connectivity index (χ1n) is 4.87. The molecule has 2 nitrogen and oxygen atoms in total. The van der Waals surface area contributed by atoms with Gasteiger partial charge in [-0.2, -0.15) is 0 Å². The fourth-order valence-corrected chi connectivity index (χ4v) is 2.81.